The number of hydrogen-bond acceptors (Lipinski definition) is 2. The molecule has 1 aromatic carbocycles. The lowest BCUT2D eigenvalue weighted by Crippen LogP contribution is -2.40. The number of nitrogens with one attached hydrogen (secondary N) is 1. The molecule has 2 amide bonds. The highest BCUT2D eigenvalue weighted by Crippen LogP contribution is 2.38. The van der Waals surface area contributed by atoms with Crippen LogP contribution in [0.5, 0.6) is 0 Å². The van der Waals surface area contributed by atoms with Crippen LogP contribution < -0.4 is 5.32 Å². The van der Waals surface area contributed by atoms with Crippen LogP contribution in [-0.2, 0) is 15.0 Å². The minimum Gasteiger partial charge on any atom is -0.296 e. The zero-order chi connectivity index (χ0) is 15.1. The number of halogens is 2. The molecule has 5 heteroatoms. The summed E-state index contributed by atoms with van der Waals surface area (Å²) in [4.78, 5) is 23.1. The van der Waals surface area contributed by atoms with Crippen molar-refractivity contribution in [2.24, 2.45) is 0 Å². The number of rotatable bonds is 1. The van der Waals surface area contributed by atoms with E-state index < -0.39 is 17.6 Å². The van der Waals surface area contributed by atoms with Gasteiger partial charge in [-0.1, -0.05) is 38.4 Å². The van der Waals surface area contributed by atoms with E-state index in [2.05, 4.69) is 5.32 Å². The first-order valence-electron chi connectivity index (χ1n) is 6.54. The van der Waals surface area contributed by atoms with Gasteiger partial charge < -0.3 is 0 Å². The molecule has 1 saturated heterocycles. The van der Waals surface area contributed by atoms with Gasteiger partial charge in [-0.15, -0.1) is 0 Å². The molecule has 1 N–H and O–H groups in total. The van der Waals surface area contributed by atoms with Gasteiger partial charge >= 0.3 is 0 Å². The molecule has 0 bridgehead atoms. The second-order valence-electron chi connectivity index (χ2n) is 6.08. The van der Waals surface area contributed by atoms with Crippen molar-refractivity contribution < 1.29 is 14.0 Å². The summed E-state index contributed by atoms with van der Waals surface area (Å²) < 4.78 is 14.1. The van der Waals surface area contributed by atoms with Gasteiger partial charge in [-0.2, -0.15) is 0 Å². The Morgan fingerprint density at radius 2 is 1.95 bits per heavy atom. The summed E-state index contributed by atoms with van der Waals surface area (Å²) in [5, 5.41) is 2.52. The van der Waals surface area contributed by atoms with Gasteiger partial charge in [0.15, 0.2) is 0 Å². The number of carbonyl (C=O) groups is 2. The summed E-state index contributed by atoms with van der Waals surface area (Å²) in [7, 11) is 0. The Balaban J connectivity index is 2.51. The van der Waals surface area contributed by atoms with Gasteiger partial charge in [0.1, 0.15) is 5.82 Å². The second-order valence-corrected chi connectivity index (χ2v) is 6.45. The van der Waals surface area contributed by atoms with Crippen LogP contribution in [0.4, 0.5) is 4.39 Å². The Bertz CT molecular complexity index is 578. The van der Waals surface area contributed by atoms with Crippen LogP contribution in [0, 0.1) is 5.82 Å². The predicted molar refractivity (Wildman–Crippen MR) is 75.2 cm³/mol. The second kappa shape index (κ2) is 5.17. The van der Waals surface area contributed by atoms with E-state index in [4.69, 9.17) is 11.6 Å². The third kappa shape index (κ3) is 2.70. The van der Waals surface area contributed by atoms with Crippen molar-refractivity contribution in [3.63, 3.8) is 0 Å². The summed E-state index contributed by atoms with van der Waals surface area (Å²) in [6.07, 6.45) is 0.487. The van der Waals surface area contributed by atoms with E-state index in [1.165, 1.54) is 6.07 Å². The van der Waals surface area contributed by atoms with Gasteiger partial charge in [-0.3, -0.25) is 14.9 Å². The summed E-state index contributed by atoms with van der Waals surface area (Å²) in [5.74, 6) is -2.01. The van der Waals surface area contributed by atoms with Gasteiger partial charge in [-0.25, -0.2) is 4.39 Å². The molecule has 3 nitrogen and oxygen atoms in total. The topological polar surface area (TPSA) is 46.2 Å². The smallest absolute Gasteiger partial charge is 0.234 e. The van der Waals surface area contributed by atoms with Crippen LogP contribution in [-0.4, -0.2) is 11.8 Å². The van der Waals surface area contributed by atoms with Crippen molar-refractivity contribution in [1.29, 1.82) is 0 Å². The highest BCUT2D eigenvalue weighted by Gasteiger charge is 2.33. The average Bonchev–Trinajstić information content (AvgIpc) is 2.29. The lowest BCUT2D eigenvalue weighted by atomic mass is 9.82. The third-order valence-corrected chi connectivity index (χ3v) is 3.93. The molecule has 1 aliphatic heterocycles. The predicted octanol–water partition coefficient (Wildman–Crippen LogP) is 3.30. The van der Waals surface area contributed by atoms with Crippen LogP contribution in [0.2, 0.25) is 5.02 Å². The van der Waals surface area contributed by atoms with Crippen molar-refractivity contribution in [3.05, 3.63) is 34.1 Å². The van der Waals surface area contributed by atoms with E-state index in [0.717, 1.165) is 5.56 Å². The number of imide groups is 1. The van der Waals surface area contributed by atoms with Gasteiger partial charge in [0.25, 0.3) is 0 Å². The fourth-order valence-corrected chi connectivity index (χ4v) is 3.01. The third-order valence-electron chi connectivity index (χ3n) is 3.52. The number of piperidine rings is 1. The van der Waals surface area contributed by atoms with Crippen molar-refractivity contribution in [2.75, 3.05) is 0 Å². The van der Waals surface area contributed by atoms with E-state index in [9.17, 15) is 14.0 Å². The first-order chi connectivity index (χ1) is 9.21. The van der Waals surface area contributed by atoms with Crippen LogP contribution in [0.15, 0.2) is 12.1 Å². The minimum atomic E-state index is -0.706. The van der Waals surface area contributed by atoms with Crippen molar-refractivity contribution >= 4 is 23.4 Å². The number of benzene rings is 1. The van der Waals surface area contributed by atoms with Crippen molar-refractivity contribution in [2.45, 2.75) is 44.9 Å². The molecule has 0 saturated carbocycles. The lowest BCUT2D eigenvalue weighted by Gasteiger charge is -2.27. The molecule has 1 heterocycles. The van der Waals surface area contributed by atoms with Crippen LogP contribution in [0.25, 0.3) is 0 Å². The molecule has 108 valence electrons. The summed E-state index contributed by atoms with van der Waals surface area (Å²) in [6.45, 7) is 5.92. The van der Waals surface area contributed by atoms with Crippen molar-refractivity contribution in [3.8, 4) is 0 Å². The van der Waals surface area contributed by atoms with Gasteiger partial charge in [0.05, 0.1) is 10.9 Å². The molecule has 2 rings (SSSR count). The molecule has 0 aromatic heterocycles. The first-order valence-corrected chi connectivity index (χ1v) is 6.91. The van der Waals surface area contributed by atoms with Gasteiger partial charge in [0.2, 0.25) is 11.8 Å². The van der Waals surface area contributed by atoms with Crippen LogP contribution in [0.3, 0.4) is 0 Å². The fraction of sp³-hybridized carbons (Fsp3) is 0.467. The van der Waals surface area contributed by atoms with E-state index in [-0.39, 0.29) is 34.7 Å². The standard InChI is InChI=1S/C15H17ClFNO2/c1-15(2,3)9-5-6-10(17)12(13(9)16)8-4-7-11(19)18-14(8)20/h5-6,8H,4,7H2,1-3H3,(H,18,19,20). The molecule has 0 radical (unpaired) electrons. The van der Waals surface area contributed by atoms with E-state index in [0.29, 0.717) is 0 Å². The van der Waals surface area contributed by atoms with Gasteiger partial charge in [-0.05, 0) is 23.5 Å². The maximum Gasteiger partial charge on any atom is 0.234 e. The van der Waals surface area contributed by atoms with E-state index >= 15 is 0 Å². The van der Waals surface area contributed by atoms with E-state index in [1.54, 1.807) is 6.07 Å². The first kappa shape index (κ1) is 15.0. The SMILES string of the molecule is CC(C)(C)c1ccc(F)c(C2CCC(=O)NC2=O)c1Cl. The summed E-state index contributed by atoms with van der Waals surface area (Å²) >= 11 is 6.33. The largest absolute Gasteiger partial charge is 0.296 e. The number of hydrogen-bond donors (Lipinski definition) is 1. The minimum absolute atomic E-state index is 0.198. The Hall–Kier alpha value is -1.42. The molecule has 1 aromatic rings. The molecular formula is C15H17ClFNO2. The molecule has 0 aliphatic carbocycles. The zero-order valence-electron chi connectivity index (χ0n) is 11.7. The van der Waals surface area contributed by atoms with Crippen LogP contribution in [0.1, 0.15) is 50.7 Å². The van der Waals surface area contributed by atoms with Crippen LogP contribution >= 0.6 is 11.6 Å². The zero-order valence-corrected chi connectivity index (χ0v) is 12.5. The Labute approximate surface area is 122 Å². The Morgan fingerprint density at radius 1 is 1.30 bits per heavy atom. The maximum absolute atomic E-state index is 14.1. The molecule has 1 atom stereocenters. The molecule has 20 heavy (non-hydrogen) atoms. The number of carbonyl (C=O) groups excluding carboxylic acids is 2. The molecule has 0 spiro atoms. The average molecular weight is 298 g/mol. The summed E-state index contributed by atoms with van der Waals surface area (Å²) in [6, 6.07) is 2.98. The monoisotopic (exact) mass is 297 g/mol. The van der Waals surface area contributed by atoms with Gasteiger partial charge in [0, 0.05) is 12.0 Å². The molecule has 1 unspecified atom stereocenters. The molecular weight excluding hydrogens is 281 g/mol. The Morgan fingerprint density at radius 3 is 2.50 bits per heavy atom. The lowest BCUT2D eigenvalue weighted by molar-refractivity contribution is -0.134. The van der Waals surface area contributed by atoms with Crippen molar-refractivity contribution in [1.82, 2.24) is 5.32 Å². The summed E-state index contributed by atoms with van der Waals surface area (Å²) in [5.41, 5.74) is 0.741. The normalized spacial score (nSPS) is 19.9. The van der Waals surface area contributed by atoms with E-state index in [1.807, 2.05) is 20.8 Å². The fourth-order valence-electron chi connectivity index (χ4n) is 2.44. The number of amides is 2. The maximum atomic E-state index is 14.1. The quantitative estimate of drug-likeness (QED) is 0.809. The highest BCUT2D eigenvalue weighted by atomic mass is 35.5. The molecule has 1 fully saturated rings. The highest BCUT2D eigenvalue weighted by molar-refractivity contribution is 6.32. The molecule has 1 aliphatic rings. The Kier molecular flexibility index (Phi) is 3.87.